The van der Waals surface area contributed by atoms with E-state index in [0.29, 0.717) is 23.6 Å². The molecule has 1 aromatic carbocycles. The topological polar surface area (TPSA) is 55.4 Å². The maximum Gasteiger partial charge on any atom is 0.341 e. The van der Waals surface area contributed by atoms with Crippen molar-refractivity contribution in [1.82, 2.24) is 0 Å². The summed E-state index contributed by atoms with van der Waals surface area (Å²) in [7, 11) is 0. The van der Waals surface area contributed by atoms with E-state index in [0.717, 1.165) is 53.3 Å². The number of carbonyl (C=O) groups is 2. The lowest BCUT2D eigenvalue weighted by Gasteiger charge is -2.08. The predicted molar refractivity (Wildman–Crippen MR) is 122 cm³/mol. The van der Waals surface area contributed by atoms with Gasteiger partial charge in [0.15, 0.2) is 0 Å². The van der Waals surface area contributed by atoms with Crippen molar-refractivity contribution in [1.29, 1.82) is 0 Å². The normalized spacial score (nSPS) is 13.4. The first kappa shape index (κ1) is 22.2. The van der Waals surface area contributed by atoms with E-state index < -0.39 is 0 Å². The number of aryl methyl sites for hydroxylation is 1. The smallest absolute Gasteiger partial charge is 0.341 e. The molecule has 0 saturated carbocycles. The molecular formula is C22H26ClNO3S2. The maximum absolute atomic E-state index is 12.6. The Morgan fingerprint density at radius 1 is 1.17 bits per heavy atom. The number of amides is 1. The van der Waals surface area contributed by atoms with E-state index in [2.05, 4.69) is 5.32 Å². The molecule has 0 saturated heterocycles. The molecule has 156 valence electrons. The number of esters is 1. The van der Waals surface area contributed by atoms with Gasteiger partial charge in [-0.05, 0) is 74.6 Å². The van der Waals surface area contributed by atoms with Crippen molar-refractivity contribution in [2.45, 2.75) is 56.8 Å². The third-order valence-corrected chi connectivity index (χ3v) is 7.34. The summed E-state index contributed by atoms with van der Waals surface area (Å²) in [6.45, 7) is 2.14. The van der Waals surface area contributed by atoms with Gasteiger partial charge in [0.2, 0.25) is 5.91 Å². The van der Waals surface area contributed by atoms with Gasteiger partial charge >= 0.3 is 5.97 Å². The highest BCUT2D eigenvalue weighted by Crippen LogP contribution is 2.38. The molecule has 1 amide bonds. The minimum Gasteiger partial charge on any atom is -0.462 e. The molecule has 0 atom stereocenters. The molecule has 3 rings (SSSR count). The first-order valence-corrected chi connectivity index (χ1v) is 12.3. The number of carbonyl (C=O) groups excluding carboxylic acids is 2. The number of thioether (sulfide) groups is 1. The second-order valence-corrected chi connectivity index (χ2v) is 9.65. The van der Waals surface area contributed by atoms with Crippen LogP contribution in [0.3, 0.4) is 0 Å². The van der Waals surface area contributed by atoms with Crippen LogP contribution in [0.1, 0.15) is 59.8 Å². The lowest BCUT2D eigenvalue weighted by Crippen LogP contribution is -2.15. The summed E-state index contributed by atoms with van der Waals surface area (Å²) in [6, 6.07) is 7.71. The number of rotatable bonds is 8. The average Bonchev–Trinajstić information content (AvgIpc) is 2.87. The zero-order chi connectivity index (χ0) is 20.6. The number of thiophene rings is 1. The first-order valence-electron chi connectivity index (χ1n) is 10.1. The molecule has 0 radical (unpaired) electrons. The number of benzene rings is 1. The third kappa shape index (κ3) is 6.24. The Morgan fingerprint density at radius 3 is 2.69 bits per heavy atom. The number of hydrogen-bond acceptors (Lipinski definition) is 5. The average molecular weight is 452 g/mol. The molecular weight excluding hydrogens is 426 g/mol. The van der Waals surface area contributed by atoms with Gasteiger partial charge in [0.05, 0.1) is 12.2 Å². The van der Waals surface area contributed by atoms with Crippen molar-refractivity contribution in [3.63, 3.8) is 0 Å². The van der Waals surface area contributed by atoms with Gasteiger partial charge in [-0.3, -0.25) is 4.79 Å². The summed E-state index contributed by atoms with van der Waals surface area (Å²) in [6.07, 6.45) is 6.42. The lowest BCUT2D eigenvalue weighted by molar-refractivity contribution is -0.116. The number of fused-ring (bicyclic) bond motifs is 1. The molecule has 0 fully saturated rings. The molecule has 1 aromatic heterocycles. The molecule has 2 aromatic rings. The van der Waals surface area contributed by atoms with Crippen LogP contribution in [0.2, 0.25) is 5.02 Å². The van der Waals surface area contributed by atoms with Crippen molar-refractivity contribution < 1.29 is 14.3 Å². The van der Waals surface area contributed by atoms with Gasteiger partial charge in [0, 0.05) is 21.2 Å². The Kier molecular flexibility index (Phi) is 8.45. The highest BCUT2D eigenvalue weighted by Gasteiger charge is 2.26. The van der Waals surface area contributed by atoms with E-state index >= 15 is 0 Å². The summed E-state index contributed by atoms with van der Waals surface area (Å²) >= 11 is 9.15. The van der Waals surface area contributed by atoms with E-state index in [-0.39, 0.29) is 11.9 Å². The lowest BCUT2D eigenvalue weighted by atomic mass is 10.1. The Hall–Kier alpha value is -1.50. The summed E-state index contributed by atoms with van der Waals surface area (Å²) in [4.78, 5) is 27.4. The van der Waals surface area contributed by atoms with E-state index in [1.54, 1.807) is 30.0 Å². The Bertz CT molecular complexity index is 848. The fourth-order valence-corrected chi connectivity index (χ4v) is 5.67. The highest BCUT2D eigenvalue weighted by atomic mass is 35.5. The number of halogens is 1. The zero-order valence-corrected chi connectivity index (χ0v) is 19.0. The van der Waals surface area contributed by atoms with Gasteiger partial charge in [-0.1, -0.05) is 18.0 Å². The maximum atomic E-state index is 12.6. The van der Waals surface area contributed by atoms with Crippen molar-refractivity contribution in [3.8, 4) is 0 Å². The summed E-state index contributed by atoms with van der Waals surface area (Å²) in [5, 5.41) is 4.37. The summed E-state index contributed by atoms with van der Waals surface area (Å²) < 4.78 is 5.28. The quantitative estimate of drug-likeness (QED) is 0.219. The minimum atomic E-state index is -0.319. The van der Waals surface area contributed by atoms with Crippen LogP contribution in [0.15, 0.2) is 29.2 Å². The molecule has 0 bridgehead atoms. The molecule has 0 unspecified atom stereocenters. The van der Waals surface area contributed by atoms with Crippen LogP contribution in [0, 0.1) is 0 Å². The van der Waals surface area contributed by atoms with E-state index in [9.17, 15) is 9.59 Å². The van der Waals surface area contributed by atoms with Gasteiger partial charge in [-0.15, -0.1) is 23.1 Å². The van der Waals surface area contributed by atoms with Crippen LogP contribution >= 0.6 is 34.7 Å². The molecule has 1 N–H and O–H groups in total. The Morgan fingerprint density at radius 2 is 1.93 bits per heavy atom. The van der Waals surface area contributed by atoms with Gasteiger partial charge < -0.3 is 10.1 Å². The third-order valence-electron chi connectivity index (χ3n) is 4.78. The van der Waals surface area contributed by atoms with Gasteiger partial charge in [0.25, 0.3) is 0 Å². The zero-order valence-electron chi connectivity index (χ0n) is 16.6. The molecule has 1 aliphatic carbocycles. The van der Waals surface area contributed by atoms with Crippen LogP contribution in [0.25, 0.3) is 0 Å². The number of hydrogen-bond donors (Lipinski definition) is 1. The van der Waals surface area contributed by atoms with Gasteiger partial charge in [-0.25, -0.2) is 4.79 Å². The van der Waals surface area contributed by atoms with Gasteiger partial charge in [0.1, 0.15) is 5.00 Å². The summed E-state index contributed by atoms with van der Waals surface area (Å²) in [5.74, 6) is 0.477. The van der Waals surface area contributed by atoms with Crippen molar-refractivity contribution in [2.75, 3.05) is 17.7 Å². The highest BCUT2D eigenvalue weighted by molar-refractivity contribution is 7.99. The fraction of sp³-hybridized carbons (Fsp3) is 0.455. The molecule has 0 aliphatic heterocycles. The van der Waals surface area contributed by atoms with Crippen molar-refractivity contribution in [3.05, 3.63) is 45.3 Å². The van der Waals surface area contributed by atoms with Gasteiger partial charge in [-0.2, -0.15) is 0 Å². The minimum absolute atomic E-state index is 0.0522. The van der Waals surface area contributed by atoms with Crippen LogP contribution in [0.5, 0.6) is 0 Å². The molecule has 29 heavy (non-hydrogen) atoms. The number of nitrogens with one attached hydrogen (secondary N) is 1. The second kappa shape index (κ2) is 11.0. The standard InChI is InChI=1S/C22H26ClNO3S2/c1-2-27-22(26)20-17-7-4-3-5-8-18(17)29-21(20)24-19(25)9-6-14-28-16-12-10-15(23)11-13-16/h10-13H,2-9,14H2,1H3,(H,24,25). The second-order valence-electron chi connectivity index (χ2n) is 6.94. The number of anilines is 1. The van der Waals surface area contributed by atoms with E-state index in [1.165, 1.54) is 11.3 Å². The monoisotopic (exact) mass is 451 g/mol. The first-order chi connectivity index (χ1) is 14.1. The predicted octanol–water partition coefficient (Wildman–Crippen LogP) is 6.36. The van der Waals surface area contributed by atoms with Crippen LogP contribution in [-0.2, 0) is 22.4 Å². The Balaban J connectivity index is 1.58. The fourth-order valence-electron chi connectivity index (χ4n) is 3.39. The molecule has 7 heteroatoms. The van der Waals surface area contributed by atoms with E-state index in [1.807, 2.05) is 24.3 Å². The summed E-state index contributed by atoms with van der Waals surface area (Å²) in [5.41, 5.74) is 1.66. The van der Waals surface area contributed by atoms with Crippen LogP contribution in [0.4, 0.5) is 5.00 Å². The molecule has 0 spiro atoms. The SMILES string of the molecule is CCOC(=O)c1c(NC(=O)CCCSc2ccc(Cl)cc2)sc2c1CCCCC2. The van der Waals surface area contributed by atoms with Crippen molar-refractivity contribution >= 4 is 51.6 Å². The van der Waals surface area contributed by atoms with Crippen molar-refractivity contribution in [2.24, 2.45) is 0 Å². The Labute approximate surface area is 185 Å². The molecule has 1 aliphatic rings. The molecule has 1 heterocycles. The van der Waals surface area contributed by atoms with Crippen LogP contribution in [-0.4, -0.2) is 24.2 Å². The van der Waals surface area contributed by atoms with E-state index in [4.69, 9.17) is 16.3 Å². The van der Waals surface area contributed by atoms with Crippen LogP contribution < -0.4 is 5.32 Å². The largest absolute Gasteiger partial charge is 0.462 e. The number of ether oxygens (including phenoxy) is 1. The molecule has 4 nitrogen and oxygen atoms in total.